The van der Waals surface area contributed by atoms with Crippen LogP contribution in [-0.4, -0.2) is 50.6 Å². The highest BCUT2D eigenvalue weighted by Crippen LogP contribution is 2.10. The summed E-state index contributed by atoms with van der Waals surface area (Å²) < 4.78 is 5.75. The van der Waals surface area contributed by atoms with Crippen LogP contribution in [0.25, 0.3) is 0 Å². The van der Waals surface area contributed by atoms with E-state index >= 15 is 0 Å². The first-order chi connectivity index (χ1) is 13.4. The van der Waals surface area contributed by atoms with Crippen molar-refractivity contribution in [1.82, 2.24) is 16.0 Å². The molecule has 0 saturated heterocycles. The number of amides is 2. The lowest BCUT2D eigenvalue weighted by Crippen LogP contribution is -2.39. The summed E-state index contributed by atoms with van der Waals surface area (Å²) in [5, 5.41) is 8.99. The zero-order valence-electron chi connectivity index (χ0n) is 17.2. The molecule has 0 bridgehead atoms. The maximum absolute atomic E-state index is 11.9. The monoisotopic (exact) mass is 391 g/mol. The molecule has 1 atom stereocenters. The Morgan fingerprint density at radius 2 is 1.82 bits per heavy atom. The van der Waals surface area contributed by atoms with E-state index in [1.165, 1.54) is 0 Å². The van der Waals surface area contributed by atoms with Gasteiger partial charge in [-0.3, -0.25) is 14.6 Å². The molecule has 5 N–H and O–H groups in total. The third-order valence-electron chi connectivity index (χ3n) is 4.17. The first-order valence-corrected chi connectivity index (χ1v) is 9.58. The Hall–Kier alpha value is -2.61. The minimum atomic E-state index is -0.575. The molecule has 8 nitrogen and oxygen atoms in total. The van der Waals surface area contributed by atoms with Crippen molar-refractivity contribution in [2.24, 2.45) is 16.6 Å². The molecule has 0 aromatic heterocycles. The number of rotatable bonds is 11. The molecule has 1 unspecified atom stereocenters. The van der Waals surface area contributed by atoms with Crippen LogP contribution in [0.1, 0.15) is 43.1 Å². The van der Waals surface area contributed by atoms with Crippen molar-refractivity contribution in [3.8, 4) is 0 Å². The molecule has 0 radical (unpaired) electrons. The molecular weight excluding hydrogens is 358 g/mol. The predicted octanol–water partition coefficient (Wildman–Crippen LogP) is 1.02. The lowest BCUT2D eigenvalue weighted by Gasteiger charge is -2.21. The Labute approximate surface area is 167 Å². The van der Waals surface area contributed by atoms with E-state index in [1.54, 1.807) is 19.2 Å². The van der Waals surface area contributed by atoms with Gasteiger partial charge in [-0.15, -0.1) is 0 Å². The molecule has 8 heteroatoms. The number of nitrogens with two attached hydrogens (primary N) is 1. The topological polar surface area (TPSA) is 118 Å². The first-order valence-electron chi connectivity index (χ1n) is 9.58. The fourth-order valence-corrected chi connectivity index (χ4v) is 2.61. The number of carbonyl (C=O) groups is 2. The van der Waals surface area contributed by atoms with Crippen LogP contribution in [-0.2, 0) is 16.1 Å². The van der Waals surface area contributed by atoms with Crippen molar-refractivity contribution in [3.05, 3.63) is 35.4 Å². The van der Waals surface area contributed by atoms with Gasteiger partial charge in [0, 0.05) is 32.3 Å². The van der Waals surface area contributed by atoms with Crippen LogP contribution in [0.2, 0.25) is 0 Å². The van der Waals surface area contributed by atoms with Gasteiger partial charge in [-0.05, 0) is 37.0 Å². The number of nitrogens with zero attached hydrogens (tertiary/aromatic N) is 1. The van der Waals surface area contributed by atoms with Crippen LogP contribution in [0.15, 0.2) is 29.3 Å². The van der Waals surface area contributed by atoms with Crippen LogP contribution in [0.3, 0.4) is 0 Å². The Morgan fingerprint density at radius 3 is 2.36 bits per heavy atom. The Morgan fingerprint density at radius 1 is 1.14 bits per heavy atom. The highest BCUT2D eigenvalue weighted by Gasteiger charge is 2.13. The molecule has 1 rings (SSSR count). The molecule has 0 aliphatic carbocycles. The van der Waals surface area contributed by atoms with Crippen molar-refractivity contribution >= 4 is 17.8 Å². The third kappa shape index (κ3) is 8.85. The molecule has 0 aliphatic rings. The van der Waals surface area contributed by atoms with Crippen LogP contribution in [0.5, 0.6) is 0 Å². The number of benzene rings is 1. The van der Waals surface area contributed by atoms with Crippen molar-refractivity contribution < 1.29 is 14.3 Å². The van der Waals surface area contributed by atoms with Gasteiger partial charge in [0.2, 0.25) is 5.91 Å². The molecule has 0 heterocycles. The number of nitrogens with one attached hydrogen (secondary N) is 3. The van der Waals surface area contributed by atoms with Gasteiger partial charge in [0.15, 0.2) is 5.96 Å². The van der Waals surface area contributed by atoms with E-state index in [2.05, 4.69) is 34.8 Å². The molecule has 0 aliphatic heterocycles. The fourth-order valence-electron chi connectivity index (χ4n) is 2.61. The summed E-state index contributed by atoms with van der Waals surface area (Å²) >= 11 is 0. The number of hydrogen-bond acceptors (Lipinski definition) is 4. The molecule has 28 heavy (non-hydrogen) atoms. The number of guanidine groups is 1. The number of carbonyl (C=O) groups excluding carboxylic acids is 2. The third-order valence-corrected chi connectivity index (χ3v) is 4.17. The summed E-state index contributed by atoms with van der Waals surface area (Å²) in [6, 6.07) is 7.12. The number of primary amides is 1. The first kappa shape index (κ1) is 23.4. The van der Waals surface area contributed by atoms with E-state index in [0.717, 1.165) is 18.5 Å². The minimum absolute atomic E-state index is 0.175. The second kappa shape index (κ2) is 12.7. The van der Waals surface area contributed by atoms with Crippen LogP contribution < -0.4 is 21.7 Å². The summed E-state index contributed by atoms with van der Waals surface area (Å²) in [5.74, 6) is 0.275. The fraction of sp³-hybridized carbons (Fsp3) is 0.550. The van der Waals surface area contributed by atoms with E-state index in [0.29, 0.717) is 30.6 Å². The molecule has 0 spiro atoms. The second-order valence-electron chi connectivity index (χ2n) is 6.72. The van der Waals surface area contributed by atoms with Gasteiger partial charge in [-0.25, -0.2) is 0 Å². The van der Waals surface area contributed by atoms with E-state index in [9.17, 15) is 9.59 Å². The second-order valence-corrected chi connectivity index (χ2v) is 6.72. The summed E-state index contributed by atoms with van der Waals surface area (Å²) in [4.78, 5) is 26.8. The van der Waals surface area contributed by atoms with Crippen LogP contribution >= 0.6 is 0 Å². The number of ether oxygens (including phenoxy) is 1. The van der Waals surface area contributed by atoms with Gasteiger partial charge < -0.3 is 26.4 Å². The largest absolute Gasteiger partial charge is 0.378 e. The number of hydrogen-bond donors (Lipinski definition) is 4. The Kier molecular flexibility index (Phi) is 10.6. The van der Waals surface area contributed by atoms with Gasteiger partial charge in [-0.1, -0.05) is 26.0 Å². The molecule has 0 saturated carbocycles. The highest BCUT2D eigenvalue weighted by atomic mass is 16.5. The summed E-state index contributed by atoms with van der Waals surface area (Å²) in [5.41, 5.74) is 6.50. The van der Waals surface area contributed by atoms with E-state index in [4.69, 9.17) is 10.5 Å². The van der Waals surface area contributed by atoms with Gasteiger partial charge in [0.25, 0.3) is 5.91 Å². The summed E-state index contributed by atoms with van der Waals surface area (Å²) in [6.07, 6.45) is 1.13. The van der Waals surface area contributed by atoms with Gasteiger partial charge in [0.05, 0.1) is 12.6 Å². The molecule has 2 amide bonds. The van der Waals surface area contributed by atoms with Gasteiger partial charge >= 0.3 is 0 Å². The molecule has 1 aromatic rings. The standard InChI is InChI=1S/C20H33N5O3/c1-5-28-17(14(2)3)10-11-23-20(22-4)25-12-15-6-8-16(9-7-15)19(27)24-13-18(21)26/h6-9,14,17H,5,10-13H2,1-4H3,(H2,21,26)(H,24,27)(H2,22,23,25). The normalized spacial score (nSPS) is 12.5. The van der Waals surface area contributed by atoms with Crippen molar-refractivity contribution in [1.29, 1.82) is 0 Å². The van der Waals surface area contributed by atoms with E-state index in [-0.39, 0.29) is 18.6 Å². The average molecular weight is 392 g/mol. The van der Waals surface area contributed by atoms with Crippen molar-refractivity contribution in [3.63, 3.8) is 0 Å². The lowest BCUT2D eigenvalue weighted by molar-refractivity contribution is -0.117. The quantitative estimate of drug-likeness (QED) is 0.332. The summed E-state index contributed by atoms with van der Waals surface area (Å²) in [7, 11) is 1.73. The zero-order valence-corrected chi connectivity index (χ0v) is 17.2. The molecule has 0 fully saturated rings. The highest BCUT2D eigenvalue weighted by molar-refractivity contribution is 5.96. The van der Waals surface area contributed by atoms with Crippen LogP contribution in [0.4, 0.5) is 0 Å². The van der Waals surface area contributed by atoms with E-state index < -0.39 is 5.91 Å². The van der Waals surface area contributed by atoms with E-state index in [1.807, 2.05) is 19.1 Å². The Balaban J connectivity index is 2.44. The van der Waals surface area contributed by atoms with Crippen molar-refractivity contribution in [2.75, 3.05) is 26.7 Å². The van der Waals surface area contributed by atoms with Gasteiger partial charge in [0.1, 0.15) is 0 Å². The average Bonchev–Trinajstić information content (AvgIpc) is 2.68. The zero-order chi connectivity index (χ0) is 20.9. The van der Waals surface area contributed by atoms with Gasteiger partial charge in [-0.2, -0.15) is 0 Å². The molecule has 156 valence electrons. The summed E-state index contributed by atoms with van der Waals surface area (Å²) in [6.45, 7) is 8.20. The maximum Gasteiger partial charge on any atom is 0.251 e. The molecular formula is C20H33N5O3. The van der Waals surface area contributed by atoms with Crippen molar-refractivity contribution in [2.45, 2.75) is 39.8 Å². The smallest absolute Gasteiger partial charge is 0.251 e. The minimum Gasteiger partial charge on any atom is -0.378 e. The predicted molar refractivity (Wildman–Crippen MR) is 111 cm³/mol. The Bertz CT molecular complexity index is 644. The lowest BCUT2D eigenvalue weighted by atomic mass is 10.0. The SMILES string of the molecule is CCOC(CCNC(=NC)NCc1ccc(C(=O)NCC(N)=O)cc1)C(C)C. The maximum atomic E-state index is 11.9. The number of aliphatic imine (C=N–C) groups is 1. The van der Waals surface area contributed by atoms with Crippen LogP contribution in [0, 0.1) is 5.92 Å². The molecule has 1 aromatic carbocycles.